The van der Waals surface area contributed by atoms with Gasteiger partial charge in [0.05, 0.1) is 20.0 Å². The maximum absolute atomic E-state index is 13.4. The zero-order valence-electron chi connectivity index (χ0n) is 25.1. The molecule has 13 heteroatoms. The number of nitrogens with zero attached hydrogens (tertiary/aromatic N) is 4. The Morgan fingerprint density at radius 2 is 1.65 bits per heavy atom. The van der Waals surface area contributed by atoms with Crippen molar-refractivity contribution in [2.45, 2.75) is 19.2 Å². The van der Waals surface area contributed by atoms with E-state index in [-0.39, 0.29) is 72.7 Å². The molecule has 0 aliphatic heterocycles. The van der Waals surface area contributed by atoms with Gasteiger partial charge in [0.2, 0.25) is 0 Å². The molecule has 229 valence electrons. The first-order chi connectivity index (χ1) is 22.1. The molecule has 2 heterocycles. The molecule has 1 unspecified atom stereocenters. The van der Waals surface area contributed by atoms with E-state index >= 15 is 0 Å². The van der Waals surface area contributed by atoms with Crippen LogP contribution < -0.4 is 15.1 Å². The SMILES string of the molecule is O=C1c2ccc(Oc3n[c-]nc(=NCCCOCCOc4ccccc4)[nH]3)cc2C(=O)C1c1nc2ccccc2cc1O.[B]C.[Y]. The van der Waals surface area contributed by atoms with E-state index in [1.807, 2.05) is 36.4 Å². The van der Waals surface area contributed by atoms with Gasteiger partial charge < -0.3 is 39.3 Å². The molecule has 46 heavy (non-hydrogen) atoms. The van der Waals surface area contributed by atoms with Gasteiger partial charge >= 0.3 is 0 Å². The van der Waals surface area contributed by atoms with Gasteiger partial charge in [0, 0.05) is 68.7 Å². The molecule has 0 saturated carbocycles. The Hall–Kier alpha value is -4.25. The van der Waals surface area contributed by atoms with E-state index < -0.39 is 17.5 Å². The maximum atomic E-state index is 13.4. The number of H-pyrrole nitrogens is 1. The number of ether oxygens (including phenoxy) is 3. The number of fused-ring (bicyclic) bond motifs is 2. The quantitative estimate of drug-likeness (QED) is 0.0890. The fourth-order valence-electron chi connectivity index (χ4n) is 4.71. The predicted molar refractivity (Wildman–Crippen MR) is 166 cm³/mol. The molecule has 1 atom stereocenters. The van der Waals surface area contributed by atoms with Crippen LogP contribution in [0, 0.1) is 6.33 Å². The summed E-state index contributed by atoms with van der Waals surface area (Å²) in [7, 11) is 4.50. The number of hydrogen-bond acceptors (Lipinski definition) is 10. The van der Waals surface area contributed by atoms with E-state index in [1.165, 1.54) is 25.0 Å². The Balaban J connectivity index is 0.00000157. The van der Waals surface area contributed by atoms with Crippen molar-refractivity contribution in [3.05, 3.63) is 108 Å². The summed E-state index contributed by atoms with van der Waals surface area (Å²) in [5, 5.41) is 11.3. The second-order valence-electron chi connectivity index (χ2n) is 9.64. The Kier molecular flexibility index (Phi) is 12.7. The number of rotatable bonds is 11. The number of ketones is 2. The number of hydrogen-bond donors (Lipinski definition) is 2. The zero-order valence-corrected chi connectivity index (χ0v) is 27.9. The second-order valence-corrected chi connectivity index (χ2v) is 9.64. The molecule has 0 amide bonds. The first kappa shape index (κ1) is 34.6. The van der Waals surface area contributed by atoms with Gasteiger partial charge in [-0.15, -0.1) is 0 Å². The maximum Gasteiger partial charge on any atom is 0.185 e. The van der Waals surface area contributed by atoms with Crippen LogP contribution in [0.15, 0.2) is 83.9 Å². The molecule has 3 aromatic carbocycles. The Labute approximate surface area is 291 Å². The monoisotopic (exact) mass is 691 g/mol. The van der Waals surface area contributed by atoms with Crippen LogP contribution in [-0.4, -0.2) is 70.8 Å². The van der Waals surface area contributed by atoms with E-state index in [4.69, 9.17) is 14.2 Å². The van der Waals surface area contributed by atoms with Crippen LogP contribution in [-0.2, 0) is 37.4 Å². The number of benzene rings is 3. The summed E-state index contributed by atoms with van der Waals surface area (Å²) in [6, 6.07) is 22.8. The Morgan fingerprint density at radius 3 is 2.48 bits per heavy atom. The van der Waals surface area contributed by atoms with Crippen molar-refractivity contribution in [3.8, 4) is 23.3 Å². The first-order valence-electron chi connectivity index (χ1n) is 14.2. The second kappa shape index (κ2) is 16.9. The number of aromatic nitrogens is 4. The van der Waals surface area contributed by atoms with Gasteiger partial charge in [-0.3, -0.25) is 9.59 Å². The van der Waals surface area contributed by atoms with Crippen molar-refractivity contribution in [2.24, 2.45) is 4.99 Å². The summed E-state index contributed by atoms with van der Waals surface area (Å²) in [6.45, 7) is 3.39. The minimum Gasteiger partial charge on any atom is -0.506 e. The van der Waals surface area contributed by atoms with Crippen LogP contribution in [0.25, 0.3) is 10.9 Å². The molecule has 0 fully saturated rings. The van der Waals surface area contributed by atoms with Gasteiger partial charge in [-0.1, -0.05) is 43.2 Å². The number of pyridine rings is 1. The van der Waals surface area contributed by atoms with Crippen LogP contribution in [0.1, 0.15) is 38.7 Å². The molecule has 0 spiro atoms. The molecule has 0 saturated heterocycles. The van der Waals surface area contributed by atoms with Crippen molar-refractivity contribution in [2.75, 3.05) is 26.4 Å². The average Bonchev–Trinajstić information content (AvgIpc) is 3.31. The molecule has 11 nitrogen and oxygen atoms in total. The molecule has 1 aliphatic carbocycles. The molecular weight excluding hydrogens is 662 g/mol. The standard InChI is InChI=1S/C32H26N5O6.CH3B.Y/c38-26-17-20-7-4-5-10-25(20)36-28(26)27-29(39)23-12-11-22(18-24(23)30(27)40)43-32-35-19-34-31(37-32)33-13-6-14-41-15-16-42-21-8-2-1-3-9-21;1-2;/h1-5,7-12,17-18,27,38H,6,13-16H2,(H,33,34,35,37);1H3;/q-1;;. The van der Waals surface area contributed by atoms with Crippen LogP contribution in [0.4, 0.5) is 0 Å². The van der Waals surface area contributed by atoms with Gasteiger partial charge in [0.15, 0.2) is 17.6 Å². The minimum absolute atomic E-state index is 0. The normalized spacial score (nSPS) is 13.8. The smallest absolute Gasteiger partial charge is 0.185 e. The third-order valence-corrected chi connectivity index (χ3v) is 6.74. The summed E-state index contributed by atoms with van der Waals surface area (Å²) in [4.78, 5) is 46.2. The van der Waals surface area contributed by atoms with Gasteiger partial charge in [-0.2, -0.15) is 0 Å². The van der Waals surface area contributed by atoms with Crippen LogP contribution in [0.5, 0.6) is 23.3 Å². The third-order valence-electron chi connectivity index (χ3n) is 6.74. The largest absolute Gasteiger partial charge is 0.506 e. The van der Waals surface area contributed by atoms with E-state index in [0.717, 1.165) is 5.75 Å². The van der Waals surface area contributed by atoms with Crippen LogP contribution in [0.2, 0.25) is 6.82 Å². The third kappa shape index (κ3) is 8.31. The predicted octanol–water partition coefficient (Wildman–Crippen LogP) is 4.40. The molecule has 2 aromatic heterocycles. The number of carbonyl (C=O) groups excluding carboxylic acids is 2. The molecular formula is C33H29BN5O6Y-. The number of Topliss-reactive ketones (excluding diaryl/α,β-unsaturated/α-hetero) is 2. The van der Waals surface area contributed by atoms with Crippen molar-refractivity contribution in [3.63, 3.8) is 0 Å². The summed E-state index contributed by atoms with van der Waals surface area (Å²) in [5.41, 5.74) is 1.29. The Morgan fingerprint density at radius 1 is 0.891 bits per heavy atom. The first-order valence-corrected chi connectivity index (χ1v) is 14.2. The van der Waals surface area contributed by atoms with Crippen molar-refractivity contribution in [1.82, 2.24) is 19.9 Å². The molecule has 0 bridgehead atoms. The number of carbonyl (C=O) groups is 2. The molecule has 1 aliphatic rings. The van der Waals surface area contributed by atoms with Gasteiger partial charge in [-0.25, -0.2) is 4.98 Å². The van der Waals surface area contributed by atoms with Crippen LogP contribution in [0.3, 0.4) is 0 Å². The Bertz CT molecular complexity index is 1870. The van der Waals surface area contributed by atoms with E-state index in [9.17, 15) is 14.7 Å². The molecule has 2 N–H and O–H groups in total. The van der Waals surface area contributed by atoms with Gasteiger partial charge in [-0.05, 0) is 48.9 Å². The van der Waals surface area contributed by atoms with E-state index in [2.05, 4.69) is 39.1 Å². The number of nitrogens with one attached hydrogen (secondary N) is 1. The van der Waals surface area contributed by atoms with Crippen molar-refractivity contribution in [1.29, 1.82) is 0 Å². The minimum atomic E-state index is -1.24. The summed E-state index contributed by atoms with van der Waals surface area (Å²) in [6.07, 6.45) is 3.17. The number of para-hydroxylation sites is 2. The van der Waals surface area contributed by atoms with Gasteiger partial charge in [0.25, 0.3) is 0 Å². The summed E-state index contributed by atoms with van der Waals surface area (Å²) >= 11 is 0. The van der Waals surface area contributed by atoms with E-state index in [1.54, 1.807) is 24.3 Å². The number of aromatic hydroxyl groups is 1. The molecule has 6 rings (SSSR count). The molecule has 5 aromatic rings. The van der Waals surface area contributed by atoms with E-state index in [0.29, 0.717) is 43.7 Å². The van der Waals surface area contributed by atoms with Crippen molar-refractivity contribution >= 4 is 30.3 Å². The summed E-state index contributed by atoms with van der Waals surface area (Å²) < 4.78 is 17.0. The summed E-state index contributed by atoms with van der Waals surface area (Å²) in [5.74, 6) is -1.26. The number of aromatic amines is 1. The fourth-order valence-corrected chi connectivity index (χ4v) is 4.71. The topological polar surface area (TPSA) is 149 Å². The van der Waals surface area contributed by atoms with Gasteiger partial charge in [0.1, 0.15) is 41.1 Å². The molecule has 3 radical (unpaired) electrons. The average molecular weight is 691 g/mol. The van der Waals surface area contributed by atoms with Crippen molar-refractivity contribution < 1.29 is 61.6 Å². The zero-order chi connectivity index (χ0) is 31.6. The van der Waals surface area contributed by atoms with Crippen LogP contribution >= 0.6 is 0 Å². The fraction of sp³-hybridized carbons (Fsp3) is 0.212.